The van der Waals surface area contributed by atoms with E-state index in [9.17, 15) is 9.59 Å². The van der Waals surface area contributed by atoms with Gasteiger partial charge >= 0.3 is 0 Å². The van der Waals surface area contributed by atoms with E-state index in [1.165, 1.54) is 29.5 Å². The molecular weight excluding hydrogens is 420 g/mol. The largest absolute Gasteiger partial charge is 0.491 e. The molecular formula is C25H34N4O4. The number of nitrogens with one attached hydrogen (secondary N) is 2. The van der Waals surface area contributed by atoms with Crippen molar-refractivity contribution >= 4 is 18.0 Å². The molecule has 4 atom stereocenters. The fourth-order valence-corrected chi connectivity index (χ4v) is 5.77. The smallest absolute Gasteiger partial charge is 0.264 e. The van der Waals surface area contributed by atoms with Crippen LogP contribution in [0.3, 0.4) is 0 Å². The minimum atomic E-state index is -0.461. The van der Waals surface area contributed by atoms with E-state index in [2.05, 4.69) is 46.7 Å². The zero-order chi connectivity index (χ0) is 22.9. The second kappa shape index (κ2) is 9.33. The summed E-state index contributed by atoms with van der Waals surface area (Å²) in [4.78, 5) is 31.6. The van der Waals surface area contributed by atoms with Gasteiger partial charge in [0.15, 0.2) is 0 Å². The molecule has 2 N–H and O–H groups in total. The van der Waals surface area contributed by atoms with Crippen LogP contribution in [0, 0.1) is 13.8 Å². The monoisotopic (exact) mass is 454 g/mol. The Bertz CT molecular complexity index is 927. The Morgan fingerprint density at radius 2 is 2.00 bits per heavy atom. The summed E-state index contributed by atoms with van der Waals surface area (Å²) < 4.78 is 6.05. The summed E-state index contributed by atoms with van der Waals surface area (Å²) in [6.07, 6.45) is 7.54. The Morgan fingerprint density at radius 1 is 1.21 bits per heavy atom. The van der Waals surface area contributed by atoms with Crippen molar-refractivity contribution in [2.45, 2.75) is 95.6 Å². The molecule has 33 heavy (non-hydrogen) atoms. The highest BCUT2D eigenvalue weighted by molar-refractivity contribution is 5.84. The maximum absolute atomic E-state index is 12.4. The Labute approximate surface area is 195 Å². The molecule has 0 aromatic heterocycles. The molecule has 0 radical (unpaired) electrons. The number of ether oxygens (including phenoxy) is 1. The van der Waals surface area contributed by atoms with Gasteiger partial charge in [0.1, 0.15) is 12.4 Å². The van der Waals surface area contributed by atoms with Gasteiger partial charge in [-0.05, 0) is 68.7 Å². The SMILES string of the molecule is Cc1c(CN2C3CCC2CC(NC(=O)C2CC=NO2)C3)ccc(OC[C@H]2CCC(=O)N2)c1C. The number of oxime groups is 1. The molecule has 4 heterocycles. The maximum atomic E-state index is 12.4. The van der Waals surface area contributed by atoms with E-state index in [0.717, 1.165) is 31.6 Å². The minimum absolute atomic E-state index is 0.0374. The third-order valence-corrected chi connectivity index (χ3v) is 7.83. The summed E-state index contributed by atoms with van der Waals surface area (Å²) in [5.74, 6) is 0.982. The number of hydrogen-bond donors (Lipinski definition) is 2. The number of benzene rings is 1. The lowest BCUT2D eigenvalue weighted by molar-refractivity contribution is -0.132. The first-order valence-electron chi connectivity index (χ1n) is 12.2. The molecule has 3 fully saturated rings. The molecule has 0 aliphatic carbocycles. The van der Waals surface area contributed by atoms with Crippen LogP contribution >= 0.6 is 0 Å². The van der Waals surface area contributed by atoms with Crippen molar-refractivity contribution in [1.82, 2.24) is 15.5 Å². The van der Waals surface area contributed by atoms with Crippen molar-refractivity contribution in [1.29, 1.82) is 0 Å². The molecule has 8 heteroatoms. The van der Waals surface area contributed by atoms with Crippen LogP contribution < -0.4 is 15.4 Å². The Balaban J connectivity index is 1.18. The lowest BCUT2D eigenvalue weighted by Crippen LogP contribution is -2.51. The summed E-state index contributed by atoms with van der Waals surface area (Å²) >= 11 is 0. The van der Waals surface area contributed by atoms with Gasteiger partial charge in [-0.1, -0.05) is 11.2 Å². The van der Waals surface area contributed by atoms with E-state index in [1.807, 2.05) is 0 Å². The number of hydrogen-bond acceptors (Lipinski definition) is 6. The second-order valence-electron chi connectivity index (χ2n) is 9.94. The lowest BCUT2D eigenvalue weighted by Gasteiger charge is -2.39. The van der Waals surface area contributed by atoms with Gasteiger partial charge in [0, 0.05) is 43.7 Å². The van der Waals surface area contributed by atoms with Crippen molar-refractivity contribution in [3.63, 3.8) is 0 Å². The zero-order valence-corrected chi connectivity index (χ0v) is 19.5. The molecule has 8 nitrogen and oxygen atoms in total. The van der Waals surface area contributed by atoms with E-state index in [0.29, 0.717) is 31.5 Å². The topological polar surface area (TPSA) is 92.3 Å². The second-order valence-corrected chi connectivity index (χ2v) is 9.94. The quantitative estimate of drug-likeness (QED) is 0.660. The van der Waals surface area contributed by atoms with Gasteiger partial charge in [-0.2, -0.15) is 0 Å². The first kappa shape index (κ1) is 22.2. The predicted molar refractivity (Wildman–Crippen MR) is 124 cm³/mol. The normalized spacial score (nSPS) is 30.8. The first-order valence-corrected chi connectivity index (χ1v) is 12.2. The van der Waals surface area contributed by atoms with Gasteiger partial charge in [-0.15, -0.1) is 0 Å². The minimum Gasteiger partial charge on any atom is -0.491 e. The molecule has 4 aliphatic rings. The molecule has 5 rings (SSSR count). The predicted octanol–water partition coefficient (Wildman–Crippen LogP) is 2.35. The van der Waals surface area contributed by atoms with Gasteiger partial charge in [0.25, 0.3) is 5.91 Å². The van der Waals surface area contributed by atoms with Gasteiger partial charge < -0.3 is 20.2 Å². The molecule has 2 bridgehead atoms. The molecule has 4 aliphatic heterocycles. The number of fused-ring (bicyclic) bond motifs is 2. The van der Waals surface area contributed by atoms with Crippen LogP contribution in [0.2, 0.25) is 0 Å². The van der Waals surface area contributed by atoms with Gasteiger partial charge in [0.05, 0.1) is 6.04 Å². The first-order chi connectivity index (χ1) is 16.0. The number of nitrogens with zero attached hydrogens (tertiary/aromatic N) is 2. The van der Waals surface area contributed by atoms with E-state index >= 15 is 0 Å². The van der Waals surface area contributed by atoms with Crippen LogP contribution in [0.5, 0.6) is 5.75 Å². The molecule has 1 aromatic rings. The Morgan fingerprint density at radius 3 is 2.67 bits per heavy atom. The summed E-state index contributed by atoms with van der Waals surface area (Å²) in [6.45, 7) is 5.74. The highest BCUT2D eigenvalue weighted by Gasteiger charge is 2.41. The number of carbonyl (C=O) groups excluding carboxylic acids is 2. The van der Waals surface area contributed by atoms with E-state index in [4.69, 9.17) is 9.57 Å². The van der Waals surface area contributed by atoms with Crippen molar-refractivity contribution in [3.8, 4) is 5.75 Å². The van der Waals surface area contributed by atoms with E-state index < -0.39 is 6.10 Å². The number of amides is 2. The Hall–Kier alpha value is -2.61. The number of carbonyl (C=O) groups is 2. The van der Waals surface area contributed by atoms with Gasteiger partial charge in [0.2, 0.25) is 12.0 Å². The maximum Gasteiger partial charge on any atom is 0.264 e. The third-order valence-electron chi connectivity index (χ3n) is 7.83. The molecule has 3 unspecified atom stereocenters. The van der Waals surface area contributed by atoms with Crippen molar-refractivity contribution < 1.29 is 19.2 Å². The van der Waals surface area contributed by atoms with E-state index in [-0.39, 0.29) is 23.9 Å². The average molecular weight is 455 g/mol. The highest BCUT2D eigenvalue weighted by Crippen LogP contribution is 2.38. The van der Waals surface area contributed by atoms with Crippen LogP contribution in [0.1, 0.15) is 61.6 Å². The van der Waals surface area contributed by atoms with Crippen molar-refractivity contribution in [3.05, 3.63) is 28.8 Å². The number of piperidine rings is 1. The molecule has 0 spiro atoms. The fourth-order valence-electron chi connectivity index (χ4n) is 5.77. The van der Waals surface area contributed by atoms with Gasteiger partial charge in [-0.25, -0.2) is 0 Å². The van der Waals surface area contributed by atoms with Crippen LogP contribution in [0.25, 0.3) is 0 Å². The van der Waals surface area contributed by atoms with Gasteiger partial charge in [-0.3, -0.25) is 14.5 Å². The number of rotatable bonds is 7. The lowest BCUT2D eigenvalue weighted by atomic mass is 9.95. The molecule has 2 amide bonds. The summed E-state index contributed by atoms with van der Waals surface area (Å²) in [5, 5.41) is 9.88. The van der Waals surface area contributed by atoms with Crippen LogP contribution in [-0.2, 0) is 21.0 Å². The summed E-state index contributed by atoms with van der Waals surface area (Å²) in [5.41, 5.74) is 3.78. The molecule has 3 saturated heterocycles. The van der Waals surface area contributed by atoms with Crippen LogP contribution in [-0.4, -0.2) is 59.8 Å². The van der Waals surface area contributed by atoms with Crippen LogP contribution in [0.4, 0.5) is 0 Å². The average Bonchev–Trinajstić information content (AvgIpc) is 3.52. The Kier molecular flexibility index (Phi) is 6.27. The summed E-state index contributed by atoms with van der Waals surface area (Å²) in [6, 6.07) is 5.59. The highest BCUT2D eigenvalue weighted by atomic mass is 16.6. The van der Waals surface area contributed by atoms with Crippen LogP contribution in [0.15, 0.2) is 17.3 Å². The fraction of sp³-hybridized carbons (Fsp3) is 0.640. The molecule has 178 valence electrons. The summed E-state index contributed by atoms with van der Waals surface area (Å²) in [7, 11) is 0. The van der Waals surface area contributed by atoms with Crippen molar-refractivity contribution in [2.24, 2.45) is 5.16 Å². The zero-order valence-electron chi connectivity index (χ0n) is 19.5. The van der Waals surface area contributed by atoms with Crippen molar-refractivity contribution in [2.75, 3.05) is 6.61 Å². The third kappa shape index (κ3) is 4.71. The standard InChI is InChI=1S/C25H34N4O4/c1-15-16(2)22(32-14-18-4-8-24(30)27-18)7-3-17(15)13-29-20-5-6-21(29)12-19(11-20)28-25(31)23-9-10-26-33-23/h3,7,10,18-21,23H,4-6,8-9,11-14H2,1-2H3,(H,27,30)(H,28,31)/t18-,19?,20?,21?,23?/m1/s1. The molecule has 1 aromatic carbocycles. The van der Waals surface area contributed by atoms with E-state index in [1.54, 1.807) is 6.21 Å². The molecule has 0 saturated carbocycles.